The third kappa shape index (κ3) is 3.23. The van der Waals surface area contributed by atoms with Gasteiger partial charge in [0.1, 0.15) is 0 Å². The van der Waals surface area contributed by atoms with Crippen LogP contribution in [0.4, 0.5) is 0 Å². The molecule has 0 bridgehead atoms. The maximum atomic E-state index is 2.35. The molecule has 0 unspecified atom stereocenters. The smallest absolute Gasteiger partial charge is 0.0207 e. The predicted molar refractivity (Wildman–Crippen MR) is 186 cm³/mol. The lowest BCUT2D eigenvalue weighted by Gasteiger charge is -2.22. The van der Waals surface area contributed by atoms with Crippen LogP contribution in [-0.4, -0.2) is 0 Å². The van der Waals surface area contributed by atoms with E-state index in [4.69, 9.17) is 0 Å². The SMILES string of the molecule is c1ccc2c(c1)Sc1ccc(-c3cccc4cccc(-c5ccc6ccc7cccc8ccc5c6c78)c34)c3cccc-2c13. The number of fused-ring (bicyclic) bond motifs is 3. The van der Waals surface area contributed by atoms with Gasteiger partial charge >= 0.3 is 0 Å². The van der Waals surface area contributed by atoms with Gasteiger partial charge in [-0.1, -0.05) is 145 Å². The van der Waals surface area contributed by atoms with Crippen molar-refractivity contribution in [1.82, 2.24) is 0 Å². The van der Waals surface area contributed by atoms with Crippen LogP contribution < -0.4 is 0 Å². The second-order valence-corrected chi connectivity index (χ2v) is 12.7. The third-order valence-electron chi connectivity index (χ3n) is 9.41. The molecule has 43 heavy (non-hydrogen) atoms. The standard InChI is InChI=1S/C42H24S/c1-2-16-37-31(11-1)35-15-6-14-34-30(23-24-38(43-37)42(34)35)33-13-5-10-25-9-4-12-32(40(25)33)29-21-19-28-18-17-26-7-3-8-27-20-22-36(29)41(28)39(26)27/h1-24H. The van der Waals surface area contributed by atoms with Gasteiger partial charge in [0.25, 0.3) is 0 Å². The van der Waals surface area contributed by atoms with Gasteiger partial charge in [-0.3, -0.25) is 0 Å². The molecule has 0 amide bonds. The minimum absolute atomic E-state index is 1.26. The van der Waals surface area contributed by atoms with Crippen LogP contribution in [-0.2, 0) is 0 Å². The van der Waals surface area contributed by atoms with Gasteiger partial charge in [-0.15, -0.1) is 0 Å². The van der Waals surface area contributed by atoms with Crippen LogP contribution >= 0.6 is 11.8 Å². The summed E-state index contributed by atoms with van der Waals surface area (Å²) in [5.41, 5.74) is 7.80. The van der Waals surface area contributed by atoms with E-state index in [0.717, 1.165) is 0 Å². The summed E-state index contributed by atoms with van der Waals surface area (Å²) in [6, 6.07) is 54.3. The van der Waals surface area contributed by atoms with Crippen molar-refractivity contribution in [1.29, 1.82) is 0 Å². The Morgan fingerprint density at radius 1 is 0.256 bits per heavy atom. The first-order valence-electron chi connectivity index (χ1n) is 14.9. The highest BCUT2D eigenvalue weighted by molar-refractivity contribution is 7.99. The zero-order valence-electron chi connectivity index (χ0n) is 23.3. The quantitative estimate of drug-likeness (QED) is 0.190. The maximum Gasteiger partial charge on any atom is 0.0207 e. The lowest BCUT2D eigenvalue weighted by molar-refractivity contribution is 1.40. The summed E-state index contributed by atoms with van der Waals surface area (Å²) in [4.78, 5) is 2.66. The van der Waals surface area contributed by atoms with Crippen LogP contribution in [0.3, 0.4) is 0 Å². The molecule has 10 rings (SSSR count). The summed E-state index contributed by atoms with van der Waals surface area (Å²) in [6.07, 6.45) is 0. The fourth-order valence-corrected chi connectivity index (χ4v) is 8.70. The van der Waals surface area contributed by atoms with Crippen molar-refractivity contribution in [3.63, 3.8) is 0 Å². The predicted octanol–water partition coefficient (Wildman–Crippen LogP) is 12.4. The normalized spacial score (nSPS) is 12.6. The molecule has 0 aromatic heterocycles. The van der Waals surface area contributed by atoms with Crippen molar-refractivity contribution in [2.45, 2.75) is 9.79 Å². The molecular weight excluding hydrogens is 537 g/mol. The minimum atomic E-state index is 1.26. The van der Waals surface area contributed by atoms with Gasteiger partial charge in [0.15, 0.2) is 0 Å². The number of hydrogen-bond donors (Lipinski definition) is 0. The van der Waals surface area contributed by atoms with Gasteiger partial charge < -0.3 is 0 Å². The first kappa shape index (κ1) is 23.5. The molecular formula is C42H24S. The molecule has 0 nitrogen and oxygen atoms in total. The Morgan fingerprint density at radius 3 is 1.53 bits per heavy atom. The molecule has 9 aromatic rings. The lowest BCUT2D eigenvalue weighted by Crippen LogP contribution is -1.95. The molecule has 1 heteroatoms. The Bertz CT molecular complexity index is 2570. The van der Waals surface area contributed by atoms with Crippen molar-refractivity contribution in [3.8, 4) is 33.4 Å². The molecule has 0 saturated heterocycles. The average molecular weight is 561 g/mol. The molecule has 1 aliphatic heterocycles. The topological polar surface area (TPSA) is 0 Å². The molecule has 0 atom stereocenters. The van der Waals surface area contributed by atoms with Crippen LogP contribution in [0.5, 0.6) is 0 Å². The monoisotopic (exact) mass is 560 g/mol. The van der Waals surface area contributed by atoms with Crippen LogP contribution in [0.25, 0.3) is 87.2 Å². The van der Waals surface area contributed by atoms with E-state index in [1.807, 2.05) is 11.8 Å². The molecule has 0 radical (unpaired) electrons. The highest BCUT2D eigenvalue weighted by atomic mass is 32.2. The second-order valence-electron chi connectivity index (χ2n) is 11.6. The zero-order chi connectivity index (χ0) is 28.1. The molecule has 0 saturated carbocycles. The van der Waals surface area contributed by atoms with E-state index in [1.165, 1.54) is 97.0 Å². The minimum Gasteiger partial charge on any atom is -0.0888 e. The van der Waals surface area contributed by atoms with Gasteiger partial charge in [0, 0.05) is 15.2 Å². The Labute approximate surface area is 253 Å². The van der Waals surface area contributed by atoms with Gasteiger partial charge in [0.05, 0.1) is 0 Å². The molecule has 198 valence electrons. The number of rotatable bonds is 2. The van der Waals surface area contributed by atoms with Gasteiger partial charge in [-0.2, -0.15) is 0 Å². The molecule has 0 N–H and O–H groups in total. The third-order valence-corrected chi connectivity index (χ3v) is 10.5. The Morgan fingerprint density at radius 2 is 0.767 bits per heavy atom. The van der Waals surface area contributed by atoms with Gasteiger partial charge in [0.2, 0.25) is 0 Å². The summed E-state index contributed by atoms with van der Waals surface area (Å²) >= 11 is 1.89. The highest BCUT2D eigenvalue weighted by Gasteiger charge is 2.22. The summed E-state index contributed by atoms with van der Waals surface area (Å²) in [7, 11) is 0. The van der Waals surface area contributed by atoms with E-state index >= 15 is 0 Å². The average Bonchev–Trinajstić information content (AvgIpc) is 3.07. The van der Waals surface area contributed by atoms with Crippen molar-refractivity contribution >= 4 is 65.6 Å². The molecule has 0 aliphatic carbocycles. The first-order valence-corrected chi connectivity index (χ1v) is 15.7. The fraction of sp³-hybridized carbons (Fsp3) is 0. The van der Waals surface area contributed by atoms with Crippen LogP contribution in [0.15, 0.2) is 155 Å². The van der Waals surface area contributed by atoms with E-state index < -0.39 is 0 Å². The summed E-state index contributed by atoms with van der Waals surface area (Å²) in [5.74, 6) is 0. The van der Waals surface area contributed by atoms with E-state index in [0.29, 0.717) is 0 Å². The summed E-state index contributed by atoms with van der Waals surface area (Å²) in [6.45, 7) is 0. The highest BCUT2D eigenvalue weighted by Crippen LogP contribution is 2.51. The molecule has 0 fully saturated rings. The maximum absolute atomic E-state index is 2.35. The number of hydrogen-bond acceptors (Lipinski definition) is 1. The largest absolute Gasteiger partial charge is 0.0888 e. The van der Waals surface area contributed by atoms with Crippen LogP contribution in [0.2, 0.25) is 0 Å². The fourth-order valence-electron chi connectivity index (χ4n) is 7.58. The second kappa shape index (κ2) is 8.70. The van der Waals surface area contributed by atoms with E-state index in [9.17, 15) is 0 Å². The van der Waals surface area contributed by atoms with Crippen molar-refractivity contribution in [2.24, 2.45) is 0 Å². The van der Waals surface area contributed by atoms with Gasteiger partial charge in [-0.05, 0) is 94.0 Å². The molecule has 9 aromatic carbocycles. The van der Waals surface area contributed by atoms with E-state index in [-0.39, 0.29) is 0 Å². The molecule has 1 aliphatic rings. The number of benzene rings is 9. The molecule has 0 spiro atoms. The molecule has 1 heterocycles. The lowest BCUT2D eigenvalue weighted by atomic mass is 9.85. The van der Waals surface area contributed by atoms with Crippen LogP contribution in [0.1, 0.15) is 0 Å². The van der Waals surface area contributed by atoms with Crippen LogP contribution in [0, 0.1) is 0 Å². The van der Waals surface area contributed by atoms with E-state index in [2.05, 4.69) is 146 Å². The van der Waals surface area contributed by atoms with Crippen molar-refractivity contribution in [2.75, 3.05) is 0 Å². The van der Waals surface area contributed by atoms with Gasteiger partial charge in [-0.25, -0.2) is 0 Å². The van der Waals surface area contributed by atoms with Crippen molar-refractivity contribution < 1.29 is 0 Å². The van der Waals surface area contributed by atoms with Crippen molar-refractivity contribution in [3.05, 3.63) is 146 Å². The van der Waals surface area contributed by atoms with E-state index in [1.54, 1.807) is 0 Å². The Hall–Kier alpha value is -5.11. The Kier molecular flexibility index (Phi) is 4.75. The summed E-state index contributed by atoms with van der Waals surface area (Å²) in [5, 5.41) is 13.2. The first-order chi connectivity index (χ1) is 21.3. The Balaban J connectivity index is 1.29. The summed E-state index contributed by atoms with van der Waals surface area (Å²) < 4.78 is 0. The zero-order valence-corrected chi connectivity index (χ0v) is 24.1.